The van der Waals surface area contributed by atoms with Crippen LogP contribution in [0, 0.1) is 10.1 Å². The Balaban J connectivity index is 2.11. The van der Waals surface area contributed by atoms with Crippen molar-refractivity contribution in [1.29, 1.82) is 0 Å². The van der Waals surface area contributed by atoms with Crippen LogP contribution in [0.3, 0.4) is 0 Å². The van der Waals surface area contributed by atoms with Crippen molar-refractivity contribution >= 4 is 23.0 Å². The van der Waals surface area contributed by atoms with Crippen molar-refractivity contribution in [3.05, 3.63) is 70.0 Å². The number of rotatable bonds is 5. The molecule has 1 aliphatic heterocycles. The van der Waals surface area contributed by atoms with Gasteiger partial charge in [-0.3, -0.25) is 15.1 Å². The van der Waals surface area contributed by atoms with Crippen LogP contribution in [0.5, 0.6) is 0 Å². The summed E-state index contributed by atoms with van der Waals surface area (Å²) >= 11 is 5.38. The van der Waals surface area contributed by atoms with Crippen LogP contribution in [-0.2, 0) is 0 Å². The molecule has 124 valence electrons. The number of aliphatic hydroxyl groups excluding tert-OH is 1. The number of nitrogens with zero attached hydrogens (tertiary/aromatic N) is 3. The molecule has 1 saturated heterocycles. The molecular weight excluding hydrogens is 328 g/mol. The van der Waals surface area contributed by atoms with Gasteiger partial charge in [-0.1, -0.05) is 18.2 Å². The Labute approximate surface area is 144 Å². The molecule has 0 saturated carbocycles. The van der Waals surface area contributed by atoms with Gasteiger partial charge >= 0.3 is 0 Å². The van der Waals surface area contributed by atoms with E-state index in [-0.39, 0.29) is 24.9 Å². The summed E-state index contributed by atoms with van der Waals surface area (Å²) in [6.45, 7) is 0.180. The predicted octanol–water partition coefficient (Wildman–Crippen LogP) is 1.95. The van der Waals surface area contributed by atoms with Gasteiger partial charge in [-0.15, -0.1) is 0 Å². The van der Waals surface area contributed by atoms with E-state index in [4.69, 9.17) is 12.2 Å². The third kappa shape index (κ3) is 2.93. The predicted molar refractivity (Wildman–Crippen MR) is 92.3 cm³/mol. The molecule has 0 bridgehead atoms. The van der Waals surface area contributed by atoms with Crippen LogP contribution in [0.1, 0.15) is 23.3 Å². The van der Waals surface area contributed by atoms with Crippen molar-refractivity contribution in [2.45, 2.75) is 12.1 Å². The molecule has 1 aliphatic rings. The fourth-order valence-corrected chi connectivity index (χ4v) is 3.33. The average molecular weight is 344 g/mol. The van der Waals surface area contributed by atoms with Crippen LogP contribution in [0.2, 0.25) is 0 Å². The first-order valence-electron chi connectivity index (χ1n) is 7.45. The molecular formula is C16H16N4O3S. The number of nitrogens with one attached hydrogen (secondary N) is 1. The molecule has 8 heteroatoms. The number of aliphatic hydroxyl groups is 1. The second-order valence-electron chi connectivity index (χ2n) is 5.36. The van der Waals surface area contributed by atoms with Crippen molar-refractivity contribution in [2.75, 3.05) is 13.2 Å². The number of benzene rings is 1. The second-order valence-corrected chi connectivity index (χ2v) is 5.75. The molecule has 2 N–H and O–H groups in total. The Morgan fingerprint density at radius 2 is 2.04 bits per heavy atom. The maximum absolute atomic E-state index is 11.4. The summed E-state index contributed by atoms with van der Waals surface area (Å²) < 4.78 is 0. The van der Waals surface area contributed by atoms with E-state index < -0.39 is 11.0 Å². The van der Waals surface area contributed by atoms with Gasteiger partial charge in [0.2, 0.25) is 0 Å². The van der Waals surface area contributed by atoms with Gasteiger partial charge in [-0.05, 0) is 30.4 Å². The SMILES string of the molecule is O=[N+]([O-])c1ccccc1[C@@H]1[C@@H](c2ccccn2)NC(=S)N1CCO. The highest BCUT2D eigenvalue weighted by atomic mass is 32.1. The molecule has 7 nitrogen and oxygen atoms in total. The Morgan fingerprint density at radius 1 is 1.29 bits per heavy atom. The first kappa shape index (κ1) is 16.3. The number of aromatic nitrogens is 1. The van der Waals surface area contributed by atoms with E-state index in [0.29, 0.717) is 10.7 Å². The fourth-order valence-electron chi connectivity index (χ4n) is 3.00. The summed E-state index contributed by atoms with van der Waals surface area (Å²) in [6.07, 6.45) is 1.67. The standard InChI is InChI=1S/C16H16N4O3S/c21-10-9-19-15(11-5-1-2-7-13(11)20(22)23)14(18-16(19)24)12-6-3-4-8-17-12/h1-8,14-15,21H,9-10H2,(H,18,24)/t14-,15-/m1/s1. The van der Waals surface area contributed by atoms with E-state index in [9.17, 15) is 15.2 Å². The van der Waals surface area contributed by atoms with Gasteiger partial charge in [0.25, 0.3) is 5.69 Å². The molecule has 24 heavy (non-hydrogen) atoms. The lowest BCUT2D eigenvalue weighted by Gasteiger charge is -2.27. The number of nitro benzene ring substituents is 1. The molecule has 1 aromatic heterocycles. The highest BCUT2D eigenvalue weighted by Crippen LogP contribution is 2.41. The Hall–Kier alpha value is -2.58. The summed E-state index contributed by atoms with van der Waals surface area (Å²) in [7, 11) is 0. The molecule has 3 rings (SSSR count). The highest BCUT2D eigenvalue weighted by Gasteiger charge is 2.42. The summed E-state index contributed by atoms with van der Waals surface area (Å²) in [5.41, 5.74) is 1.31. The average Bonchev–Trinajstić information content (AvgIpc) is 2.92. The Bertz CT molecular complexity index is 756. The third-order valence-corrected chi connectivity index (χ3v) is 4.34. The smallest absolute Gasteiger partial charge is 0.274 e. The van der Waals surface area contributed by atoms with Gasteiger partial charge in [0.15, 0.2) is 5.11 Å². The summed E-state index contributed by atoms with van der Waals surface area (Å²) in [4.78, 5) is 17.2. The van der Waals surface area contributed by atoms with Crippen LogP contribution in [0.15, 0.2) is 48.7 Å². The summed E-state index contributed by atoms with van der Waals surface area (Å²) in [5.74, 6) is 0. The lowest BCUT2D eigenvalue weighted by molar-refractivity contribution is -0.386. The van der Waals surface area contributed by atoms with E-state index in [1.165, 1.54) is 6.07 Å². The van der Waals surface area contributed by atoms with Crippen LogP contribution in [-0.4, -0.2) is 38.2 Å². The molecule has 2 heterocycles. The number of para-hydroxylation sites is 1. The minimum absolute atomic E-state index is 0.0258. The maximum atomic E-state index is 11.4. The summed E-state index contributed by atoms with van der Waals surface area (Å²) in [5, 5.41) is 24.4. The third-order valence-electron chi connectivity index (χ3n) is 3.99. The molecule has 1 fully saturated rings. The molecule has 0 aliphatic carbocycles. The van der Waals surface area contributed by atoms with E-state index in [1.807, 2.05) is 18.2 Å². The van der Waals surface area contributed by atoms with Crippen molar-refractivity contribution < 1.29 is 10.0 Å². The van der Waals surface area contributed by atoms with E-state index in [1.54, 1.807) is 29.3 Å². The monoisotopic (exact) mass is 344 g/mol. The number of β-amino-alcohol motifs (C(OH)–C–C–N with tert-alkyl or cyclic N) is 1. The van der Waals surface area contributed by atoms with Crippen molar-refractivity contribution in [3.8, 4) is 0 Å². The minimum atomic E-state index is -0.416. The number of nitro groups is 1. The van der Waals surface area contributed by atoms with Crippen molar-refractivity contribution in [2.24, 2.45) is 0 Å². The summed E-state index contributed by atoms with van der Waals surface area (Å²) in [6, 6.07) is 11.4. The zero-order valence-corrected chi connectivity index (χ0v) is 13.5. The largest absolute Gasteiger partial charge is 0.395 e. The van der Waals surface area contributed by atoms with Crippen LogP contribution < -0.4 is 5.32 Å². The lowest BCUT2D eigenvalue weighted by atomic mass is 9.95. The topological polar surface area (TPSA) is 91.5 Å². The number of hydrogen-bond donors (Lipinski definition) is 2. The van der Waals surface area contributed by atoms with Gasteiger partial charge < -0.3 is 15.3 Å². The molecule has 2 aromatic rings. The molecule has 2 atom stereocenters. The van der Waals surface area contributed by atoms with Crippen LogP contribution >= 0.6 is 12.2 Å². The van der Waals surface area contributed by atoms with Crippen LogP contribution in [0.4, 0.5) is 5.69 Å². The zero-order valence-electron chi connectivity index (χ0n) is 12.7. The number of thiocarbonyl (C=S) groups is 1. The van der Waals surface area contributed by atoms with Crippen molar-refractivity contribution in [1.82, 2.24) is 15.2 Å². The van der Waals surface area contributed by atoms with E-state index in [0.717, 1.165) is 5.69 Å². The van der Waals surface area contributed by atoms with Gasteiger partial charge in [0, 0.05) is 18.8 Å². The van der Waals surface area contributed by atoms with E-state index >= 15 is 0 Å². The molecule has 1 aromatic carbocycles. The molecule has 0 unspecified atom stereocenters. The first-order chi connectivity index (χ1) is 11.6. The molecule has 0 radical (unpaired) electrons. The Kier molecular flexibility index (Phi) is 4.68. The lowest BCUT2D eigenvalue weighted by Crippen LogP contribution is -2.32. The van der Waals surface area contributed by atoms with Gasteiger partial charge in [0.1, 0.15) is 0 Å². The number of hydrogen-bond acceptors (Lipinski definition) is 5. The second kappa shape index (κ2) is 6.90. The fraction of sp³-hybridized carbons (Fsp3) is 0.250. The van der Waals surface area contributed by atoms with Crippen LogP contribution in [0.25, 0.3) is 0 Å². The molecule has 0 spiro atoms. The Morgan fingerprint density at radius 3 is 2.71 bits per heavy atom. The van der Waals surface area contributed by atoms with Gasteiger partial charge in [0.05, 0.1) is 34.9 Å². The van der Waals surface area contributed by atoms with E-state index in [2.05, 4.69) is 10.3 Å². The maximum Gasteiger partial charge on any atom is 0.274 e. The number of pyridine rings is 1. The normalized spacial score (nSPS) is 20.0. The first-order valence-corrected chi connectivity index (χ1v) is 7.86. The van der Waals surface area contributed by atoms with Crippen molar-refractivity contribution in [3.63, 3.8) is 0 Å². The minimum Gasteiger partial charge on any atom is -0.395 e. The van der Waals surface area contributed by atoms with Gasteiger partial charge in [-0.25, -0.2) is 0 Å². The molecule has 0 amide bonds. The zero-order chi connectivity index (χ0) is 17.1. The quantitative estimate of drug-likeness (QED) is 0.487. The highest BCUT2D eigenvalue weighted by molar-refractivity contribution is 7.80. The van der Waals surface area contributed by atoms with Gasteiger partial charge in [-0.2, -0.15) is 0 Å².